The molecule has 0 N–H and O–H groups in total. The van der Waals surface area contributed by atoms with Crippen molar-refractivity contribution in [2.24, 2.45) is 5.92 Å². The lowest BCUT2D eigenvalue weighted by molar-refractivity contribution is -0.133. The number of benzene rings is 1. The SMILES string of the molecule is COc1cccc(CN(C)C(=O)COC(=O)c2cc3c(s2)CC[C@H](C)C3)c1. The molecule has 1 heterocycles. The van der Waals surface area contributed by atoms with E-state index in [2.05, 4.69) is 6.92 Å². The number of carbonyl (C=O) groups is 2. The fourth-order valence-corrected chi connectivity index (χ4v) is 4.35. The Balaban J connectivity index is 1.53. The molecular formula is C21H25NO4S. The van der Waals surface area contributed by atoms with Crippen LogP contribution in [0.25, 0.3) is 0 Å². The molecule has 27 heavy (non-hydrogen) atoms. The number of esters is 1. The van der Waals surface area contributed by atoms with Crippen molar-refractivity contribution in [1.82, 2.24) is 4.90 Å². The Morgan fingerprint density at radius 2 is 2.11 bits per heavy atom. The molecule has 144 valence electrons. The second kappa shape index (κ2) is 8.57. The molecule has 3 rings (SSSR count). The van der Waals surface area contributed by atoms with E-state index in [1.165, 1.54) is 21.8 Å². The molecule has 1 aliphatic rings. The van der Waals surface area contributed by atoms with Crippen LogP contribution in [0.5, 0.6) is 5.75 Å². The van der Waals surface area contributed by atoms with E-state index in [0.29, 0.717) is 17.3 Å². The summed E-state index contributed by atoms with van der Waals surface area (Å²) in [5.74, 6) is 0.755. The number of hydrogen-bond acceptors (Lipinski definition) is 5. The maximum Gasteiger partial charge on any atom is 0.348 e. The zero-order chi connectivity index (χ0) is 19.4. The minimum Gasteiger partial charge on any atom is -0.497 e. The van der Waals surface area contributed by atoms with Crippen LogP contribution in [0.15, 0.2) is 30.3 Å². The normalized spacial score (nSPS) is 15.7. The van der Waals surface area contributed by atoms with Crippen molar-refractivity contribution in [3.8, 4) is 5.75 Å². The van der Waals surface area contributed by atoms with Gasteiger partial charge < -0.3 is 14.4 Å². The second-order valence-corrected chi connectivity index (χ2v) is 8.22. The predicted octanol–water partition coefficient (Wildman–Crippen LogP) is 3.70. The number of aryl methyl sites for hydroxylation is 1. The van der Waals surface area contributed by atoms with Crippen molar-refractivity contribution in [3.63, 3.8) is 0 Å². The van der Waals surface area contributed by atoms with Gasteiger partial charge in [0.2, 0.25) is 0 Å². The number of carbonyl (C=O) groups excluding carboxylic acids is 2. The van der Waals surface area contributed by atoms with Crippen LogP contribution in [0, 0.1) is 5.92 Å². The molecule has 0 saturated carbocycles. The highest BCUT2D eigenvalue weighted by atomic mass is 32.1. The summed E-state index contributed by atoms with van der Waals surface area (Å²) < 4.78 is 10.4. The van der Waals surface area contributed by atoms with Crippen molar-refractivity contribution in [2.45, 2.75) is 32.7 Å². The van der Waals surface area contributed by atoms with Crippen molar-refractivity contribution in [1.29, 1.82) is 0 Å². The first kappa shape index (κ1) is 19.4. The summed E-state index contributed by atoms with van der Waals surface area (Å²) in [6, 6.07) is 9.48. The lowest BCUT2D eigenvalue weighted by atomic mass is 9.90. The molecule has 6 heteroatoms. The molecule has 1 aromatic heterocycles. The smallest absolute Gasteiger partial charge is 0.348 e. The van der Waals surface area contributed by atoms with E-state index in [1.54, 1.807) is 19.1 Å². The Morgan fingerprint density at radius 3 is 2.89 bits per heavy atom. The zero-order valence-electron chi connectivity index (χ0n) is 16.0. The molecule has 0 spiro atoms. The summed E-state index contributed by atoms with van der Waals surface area (Å²) in [4.78, 5) is 28.0. The van der Waals surface area contributed by atoms with Gasteiger partial charge in [0.05, 0.1) is 7.11 Å². The van der Waals surface area contributed by atoms with Gasteiger partial charge in [-0.05, 0) is 54.5 Å². The van der Waals surface area contributed by atoms with Gasteiger partial charge in [-0.2, -0.15) is 0 Å². The first-order chi connectivity index (χ1) is 13.0. The summed E-state index contributed by atoms with van der Waals surface area (Å²) in [5.41, 5.74) is 2.21. The van der Waals surface area contributed by atoms with Gasteiger partial charge in [0, 0.05) is 18.5 Å². The van der Waals surface area contributed by atoms with Crippen molar-refractivity contribution in [2.75, 3.05) is 20.8 Å². The Hall–Kier alpha value is -2.34. The number of methoxy groups -OCH3 is 1. The molecule has 1 aliphatic carbocycles. The van der Waals surface area contributed by atoms with E-state index in [1.807, 2.05) is 30.3 Å². The largest absolute Gasteiger partial charge is 0.497 e. The summed E-state index contributed by atoms with van der Waals surface area (Å²) >= 11 is 1.50. The standard InChI is InChI=1S/C21H25NO4S/c1-14-7-8-18-16(9-14)11-19(27-18)21(24)26-13-20(23)22(2)12-15-5-4-6-17(10-15)25-3/h4-6,10-11,14H,7-9,12-13H2,1-3H3/t14-/m0/s1. The average molecular weight is 388 g/mol. The fraction of sp³-hybridized carbons (Fsp3) is 0.429. The predicted molar refractivity (Wildman–Crippen MR) is 105 cm³/mol. The highest BCUT2D eigenvalue weighted by Crippen LogP contribution is 2.32. The first-order valence-corrected chi connectivity index (χ1v) is 9.93. The van der Waals surface area contributed by atoms with E-state index >= 15 is 0 Å². The minimum absolute atomic E-state index is 0.235. The Morgan fingerprint density at radius 1 is 1.30 bits per heavy atom. The highest BCUT2D eigenvalue weighted by Gasteiger charge is 2.22. The minimum atomic E-state index is -0.412. The Bertz CT molecular complexity index is 829. The van der Waals surface area contributed by atoms with Gasteiger partial charge in [-0.3, -0.25) is 4.79 Å². The van der Waals surface area contributed by atoms with Gasteiger partial charge in [0.1, 0.15) is 10.6 Å². The van der Waals surface area contributed by atoms with Crippen molar-refractivity contribution < 1.29 is 19.1 Å². The topological polar surface area (TPSA) is 55.8 Å². The third-order valence-electron chi connectivity index (χ3n) is 4.84. The number of ether oxygens (including phenoxy) is 2. The van der Waals surface area contributed by atoms with Gasteiger partial charge in [-0.15, -0.1) is 11.3 Å². The van der Waals surface area contributed by atoms with Gasteiger partial charge in [-0.1, -0.05) is 19.1 Å². The number of rotatable bonds is 6. The molecule has 0 saturated heterocycles. The maximum atomic E-state index is 12.3. The molecule has 0 radical (unpaired) electrons. The van der Waals surface area contributed by atoms with Crippen LogP contribution in [0.1, 0.15) is 39.0 Å². The molecular weight excluding hydrogens is 362 g/mol. The lowest BCUT2D eigenvalue weighted by Gasteiger charge is -2.17. The lowest BCUT2D eigenvalue weighted by Crippen LogP contribution is -2.30. The number of thiophene rings is 1. The summed E-state index contributed by atoms with van der Waals surface area (Å²) in [5, 5.41) is 0. The molecule has 2 aromatic rings. The molecule has 0 fully saturated rings. The summed E-state index contributed by atoms with van der Waals surface area (Å²) in [7, 11) is 3.30. The summed E-state index contributed by atoms with van der Waals surface area (Å²) in [6.07, 6.45) is 3.20. The van der Waals surface area contributed by atoms with Crippen LogP contribution in [-0.4, -0.2) is 37.5 Å². The van der Waals surface area contributed by atoms with Crippen LogP contribution in [0.2, 0.25) is 0 Å². The summed E-state index contributed by atoms with van der Waals surface area (Å²) in [6.45, 7) is 2.41. The number of nitrogens with zero attached hydrogens (tertiary/aromatic N) is 1. The molecule has 1 atom stereocenters. The quantitative estimate of drug-likeness (QED) is 0.709. The molecule has 1 amide bonds. The number of amides is 1. The van der Waals surface area contributed by atoms with Crippen molar-refractivity contribution >= 4 is 23.2 Å². The van der Waals surface area contributed by atoms with Crippen LogP contribution < -0.4 is 4.74 Å². The van der Waals surface area contributed by atoms with Crippen LogP contribution in [0.3, 0.4) is 0 Å². The Labute approximate surface area is 163 Å². The third-order valence-corrected chi connectivity index (χ3v) is 6.05. The number of likely N-dealkylation sites (N-methyl/N-ethyl adjacent to an activating group) is 1. The maximum absolute atomic E-state index is 12.3. The zero-order valence-corrected chi connectivity index (χ0v) is 16.8. The molecule has 1 aromatic carbocycles. The van der Waals surface area contributed by atoms with Gasteiger partial charge in [0.25, 0.3) is 5.91 Å². The van der Waals surface area contributed by atoms with E-state index < -0.39 is 5.97 Å². The monoisotopic (exact) mass is 387 g/mol. The third kappa shape index (κ3) is 4.89. The van der Waals surface area contributed by atoms with E-state index in [9.17, 15) is 9.59 Å². The first-order valence-electron chi connectivity index (χ1n) is 9.12. The fourth-order valence-electron chi connectivity index (χ4n) is 3.25. The highest BCUT2D eigenvalue weighted by molar-refractivity contribution is 7.14. The number of hydrogen-bond donors (Lipinski definition) is 0. The molecule has 0 unspecified atom stereocenters. The van der Waals surface area contributed by atoms with Crippen LogP contribution >= 0.6 is 11.3 Å². The molecule has 5 nitrogen and oxygen atoms in total. The molecule has 0 bridgehead atoms. The van der Waals surface area contributed by atoms with Gasteiger partial charge in [-0.25, -0.2) is 4.79 Å². The van der Waals surface area contributed by atoms with E-state index in [-0.39, 0.29) is 12.5 Å². The van der Waals surface area contributed by atoms with E-state index in [4.69, 9.17) is 9.47 Å². The van der Waals surface area contributed by atoms with Crippen LogP contribution in [-0.2, 0) is 28.9 Å². The average Bonchev–Trinajstić information content (AvgIpc) is 3.09. The Kier molecular flexibility index (Phi) is 6.16. The van der Waals surface area contributed by atoms with Crippen molar-refractivity contribution in [3.05, 3.63) is 51.2 Å². The van der Waals surface area contributed by atoms with Gasteiger partial charge >= 0.3 is 5.97 Å². The molecule has 0 aliphatic heterocycles. The van der Waals surface area contributed by atoms with E-state index in [0.717, 1.165) is 30.6 Å². The van der Waals surface area contributed by atoms with Gasteiger partial charge in [0.15, 0.2) is 6.61 Å². The number of fused-ring (bicyclic) bond motifs is 1. The second-order valence-electron chi connectivity index (χ2n) is 7.08. The van der Waals surface area contributed by atoms with Crippen LogP contribution in [0.4, 0.5) is 0 Å².